The highest BCUT2D eigenvalue weighted by Gasteiger charge is 2.20. The lowest BCUT2D eigenvalue weighted by molar-refractivity contribution is 0.102. The molecule has 0 spiro atoms. The van der Waals surface area contributed by atoms with Gasteiger partial charge in [-0.25, -0.2) is 13.1 Å². The smallest absolute Gasteiger partial charge is 0.255 e. The molecule has 2 aliphatic rings. The van der Waals surface area contributed by atoms with E-state index in [0.717, 1.165) is 37.8 Å². The summed E-state index contributed by atoms with van der Waals surface area (Å²) in [6.07, 6.45) is 5.06. The summed E-state index contributed by atoms with van der Waals surface area (Å²) in [5.74, 6) is -0.255. The number of carbonyl (C=O) groups is 1. The lowest BCUT2D eigenvalue weighted by atomic mass is 10.1. The molecule has 1 aliphatic heterocycles. The van der Waals surface area contributed by atoms with Crippen LogP contribution < -0.4 is 10.0 Å². The van der Waals surface area contributed by atoms with Gasteiger partial charge in [-0.2, -0.15) is 0 Å². The van der Waals surface area contributed by atoms with Crippen molar-refractivity contribution in [3.8, 4) is 0 Å². The summed E-state index contributed by atoms with van der Waals surface area (Å²) in [7, 11) is -3.62. The van der Waals surface area contributed by atoms with Gasteiger partial charge in [-0.05, 0) is 79.6 Å². The van der Waals surface area contributed by atoms with Crippen LogP contribution in [0, 0.1) is 0 Å². The molecule has 0 aromatic heterocycles. The number of ether oxygens (including phenoxy) is 1. The number of amides is 1. The predicted molar refractivity (Wildman–Crippen MR) is 107 cm³/mol. The van der Waals surface area contributed by atoms with Gasteiger partial charge < -0.3 is 10.1 Å². The van der Waals surface area contributed by atoms with Crippen LogP contribution in [-0.4, -0.2) is 33.6 Å². The molecule has 0 radical (unpaired) electrons. The van der Waals surface area contributed by atoms with Crippen LogP contribution >= 0.6 is 0 Å². The quantitative estimate of drug-likeness (QED) is 0.781. The maximum atomic E-state index is 12.5. The third kappa shape index (κ3) is 4.27. The van der Waals surface area contributed by atoms with E-state index in [1.54, 1.807) is 0 Å². The second-order valence-electron chi connectivity index (χ2n) is 7.30. The number of hydrogen-bond acceptors (Lipinski definition) is 4. The monoisotopic (exact) mass is 400 g/mol. The Morgan fingerprint density at radius 3 is 2.57 bits per heavy atom. The highest BCUT2D eigenvalue weighted by molar-refractivity contribution is 7.89. The summed E-state index contributed by atoms with van der Waals surface area (Å²) >= 11 is 0. The first-order chi connectivity index (χ1) is 13.5. The van der Waals surface area contributed by atoms with Crippen LogP contribution in [0.4, 0.5) is 5.69 Å². The topological polar surface area (TPSA) is 84.5 Å². The fourth-order valence-electron chi connectivity index (χ4n) is 3.73. The van der Waals surface area contributed by atoms with Crippen LogP contribution in [0.2, 0.25) is 0 Å². The molecule has 1 amide bonds. The number of rotatable bonds is 6. The fraction of sp³-hybridized carbons (Fsp3) is 0.381. The summed E-state index contributed by atoms with van der Waals surface area (Å²) in [4.78, 5) is 12.6. The van der Waals surface area contributed by atoms with E-state index in [9.17, 15) is 13.2 Å². The maximum absolute atomic E-state index is 12.5. The second-order valence-corrected chi connectivity index (χ2v) is 9.07. The van der Waals surface area contributed by atoms with Gasteiger partial charge in [0, 0.05) is 24.4 Å². The van der Waals surface area contributed by atoms with E-state index >= 15 is 0 Å². The van der Waals surface area contributed by atoms with Crippen molar-refractivity contribution < 1.29 is 17.9 Å². The van der Waals surface area contributed by atoms with E-state index in [4.69, 9.17) is 4.74 Å². The summed E-state index contributed by atoms with van der Waals surface area (Å²) in [6.45, 7) is 0.948. The molecule has 148 valence electrons. The van der Waals surface area contributed by atoms with Crippen molar-refractivity contribution in [2.75, 3.05) is 18.5 Å². The normalized spacial score (nSPS) is 18.8. The third-order valence-corrected chi connectivity index (χ3v) is 6.75. The molecule has 6 nitrogen and oxygen atoms in total. The molecule has 1 atom stereocenters. The van der Waals surface area contributed by atoms with E-state index in [2.05, 4.69) is 16.1 Å². The number of carbonyl (C=O) groups excluding carboxylic acids is 1. The van der Waals surface area contributed by atoms with E-state index in [-0.39, 0.29) is 23.5 Å². The highest BCUT2D eigenvalue weighted by atomic mass is 32.2. The number of anilines is 1. The Morgan fingerprint density at radius 1 is 1.04 bits per heavy atom. The van der Waals surface area contributed by atoms with Gasteiger partial charge >= 0.3 is 0 Å². The molecule has 0 bridgehead atoms. The Hall–Kier alpha value is -2.22. The maximum Gasteiger partial charge on any atom is 0.255 e. The summed E-state index contributed by atoms with van der Waals surface area (Å²) in [6, 6.07) is 12.0. The molecule has 2 aromatic rings. The van der Waals surface area contributed by atoms with Crippen LogP contribution in [0.15, 0.2) is 47.4 Å². The average Bonchev–Trinajstić information content (AvgIpc) is 3.38. The van der Waals surface area contributed by atoms with Crippen molar-refractivity contribution >= 4 is 21.6 Å². The Kier molecular flexibility index (Phi) is 5.48. The molecule has 2 aromatic carbocycles. The molecule has 2 N–H and O–H groups in total. The van der Waals surface area contributed by atoms with Gasteiger partial charge in [0.2, 0.25) is 10.0 Å². The van der Waals surface area contributed by atoms with E-state index in [0.29, 0.717) is 12.2 Å². The molecule has 4 rings (SSSR count). The number of sulfonamides is 1. The zero-order valence-corrected chi connectivity index (χ0v) is 16.4. The molecular weight excluding hydrogens is 376 g/mol. The Morgan fingerprint density at radius 2 is 1.82 bits per heavy atom. The second kappa shape index (κ2) is 8.03. The van der Waals surface area contributed by atoms with E-state index < -0.39 is 10.0 Å². The summed E-state index contributed by atoms with van der Waals surface area (Å²) in [5, 5.41) is 2.89. The average molecular weight is 401 g/mol. The van der Waals surface area contributed by atoms with Crippen molar-refractivity contribution in [2.45, 2.75) is 43.1 Å². The predicted octanol–water partition coefficient (Wildman–Crippen LogP) is 2.88. The van der Waals surface area contributed by atoms with Gasteiger partial charge in [0.15, 0.2) is 0 Å². The lowest BCUT2D eigenvalue weighted by Crippen LogP contribution is -2.31. The number of fused-ring (bicyclic) bond motifs is 1. The number of nitrogens with one attached hydrogen (secondary N) is 2. The molecule has 1 aliphatic carbocycles. The molecule has 1 heterocycles. The van der Waals surface area contributed by atoms with Crippen molar-refractivity contribution in [1.29, 1.82) is 0 Å². The van der Waals surface area contributed by atoms with Crippen LogP contribution in [0.5, 0.6) is 0 Å². The lowest BCUT2D eigenvalue weighted by Gasteiger charge is -2.12. The minimum atomic E-state index is -3.62. The third-order valence-electron chi connectivity index (χ3n) is 5.31. The Labute approximate surface area is 165 Å². The first kappa shape index (κ1) is 19.1. The molecule has 1 saturated heterocycles. The van der Waals surface area contributed by atoms with Crippen LogP contribution in [0.3, 0.4) is 0 Å². The molecule has 0 saturated carbocycles. The van der Waals surface area contributed by atoms with Crippen LogP contribution in [0.1, 0.15) is 40.7 Å². The van der Waals surface area contributed by atoms with E-state index in [1.165, 1.54) is 35.4 Å². The van der Waals surface area contributed by atoms with Gasteiger partial charge in [-0.15, -0.1) is 0 Å². The SMILES string of the molecule is O=C(Nc1ccc2c(c1)CCC2)c1ccc(S(=O)(=O)NCC2CCCO2)cc1. The summed E-state index contributed by atoms with van der Waals surface area (Å²) in [5.41, 5.74) is 3.82. The number of benzene rings is 2. The molecule has 1 unspecified atom stereocenters. The Bertz CT molecular complexity index is 964. The van der Waals surface area contributed by atoms with Crippen LogP contribution in [0.25, 0.3) is 0 Å². The first-order valence-corrected chi connectivity index (χ1v) is 11.1. The van der Waals surface area contributed by atoms with Gasteiger partial charge in [-0.1, -0.05) is 6.07 Å². The number of hydrogen-bond donors (Lipinski definition) is 2. The number of aryl methyl sites for hydroxylation is 2. The van der Waals surface area contributed by atoms with Crippen molar-refractivity contribution in [1.82, 2.24) is 4.72 Å². The van der Waals surface area contributed by atoms with E-state index in [1.807, 2.05) is 12.1 Å². The van der Waals surface area contributed by atoms with Crippen molar-refractivity contribution in [3.05, 3.63) is 59.2 Å². The van der Waals surface area contributed by atoms with Gasteiger partial charge in [0.1, 0.15) is 0 Å². The zero-order chi connectivity index (χ0) is 19.6. The van der Waals surface area contributed by atoms with Gasteiger partial charge in [-0.3, -0.25) is 4.79 Å². The minimum Gasteiger partial charge on any atom is -0.377 e. The van der Waals surface area contributed by atoms with Crippen LogP contribution in [-0.2, 0) is 27.6 Å². The standard InChI is InChI=1S/C21H24N2O4S/c24-21(23-18-9-6-15-3-1-4-17(15)13-18)16-7-10-20(11-8-16)28(25,26)22-14-19-5-2-12-27-19/h6-11,13,19,22H,1-5,12,14H2,(H,23,24). The first-order valence-electron chi connectivity index (χ1n) is 9.66. The highest BCUT2D eigenvalue weighted by Crippen LogP contribution is 2.25. The molecule has 1 fully saturated rings. The molecule has 28 heavy (non-hydrogen) atoms. The minimum absolute atomic E-state index is 0.0628. The van der Waals surface area contributed by atoms with Gasteiger partial charge in [0.05, 0.1) is 11.0 Å². The van der Waals surface area contributed by atoms with Crippen molar-refractivity contribution in [3.63, 3.8) is 0 Å². The summed E-state index contributed by atoms with van der Waals surface area (Å²) < 4.78 is 32.8. The van der Waals surface area contributed by atoms with Crippen molar-refractivity contribution in [2.24, 2.45) is 0 Å². The van der Waals surface area contributed by atoms with Gasteiger partial charge in [0.25, 0.3) is 5.91 Å². The zero-order valence-electron chi connectivity index (χ0n) is 15.6. The molecule has 7 heteroatoms. The Balaban J connectivity index is 1.40. The fourth-order valence-corrected chi connectivity index (χ4v) is 4.80. The largest absolute Gasteiger partial charge is 0.377 e. The molecular formula is C21H24N2O4S.